The fraction of sp³-hybridized carbons (Fsp3) is 0.364. The van der Waals surface area contributed by atoms with Gasteiger partial charge in [0.15, 0.2) is 0 Å². The van der Waals surface area contributed by atoms with Crippen LogP contribution in [0.3, 0.4) is 0 Å². The smallest absolute Gasteiger partial charge is 0.125 e. The van der Waals surface area contributed by atoms with E-state index in [1.54, 1.807) is 0 Å². The van der Waals surface area contributed by atoms with Gasteiger partial charge in [-0.05, 0) is 31.5 Å². The normalized spacial score (nSPS) is 9.93. The summed E-state index contributed by atoms with van der Waals surface area (Å²) < 4.78 is 6.48. The van der Waals surface area contributed by atoms with Gasteiger partial charge >= 0.3 is 0 Å². The second-order valence-corrected chi connectivity index (χ2v) is 3.93. The van der Waals surface area contributed by atoms with E-state index in [-0.39, 0.29) is 0 Å². The number of carbonyl (C=O) groups is 1. The molecule has 0 atom stereocenters. The van der Waals surface area contributed by atoms with E-state index in [1.807, 2.05) is 26.0 Å². The Labute approximate surface area is 92.4 Å². The molecule has 0 aliphatic rings. The summed E-state index contributed by atoms with van der Waals surface area (Å²) in [5, 5.41) is 0. The molecule has 0 amide bonds. The van der Waals surface area contributed by atoms with Crippen LogP contribution in [0.1, 0.15) is 18.1 Å². The molecular formula is C11H13BrO2. The summed E-state index contributed by atoms with van der Waals surface area (Å²) in [6.07, 6.45) is 1.29. The molecule has 0 radical (unpaired) electrons. The Morgan fingerprint density at radius 3 is 2.79 bits per heavy atom. The lowest BCUT2D eigenvalue weighted by molar-refractivity contribution is -0.107. The SMILES string of the molecule is CCOc1c(C)cc(Br)cc1CC=O. The number of hydrogen-bond acceptors (Lipinski definition) is 2. The van der Waals surface area contributed by atoms with Gasteiger partial charge < -0.3 is 9.53 Å². The molecule has 0 spiro atoms. The Bertz CT molecular complexity index is 334. The molecule has 0 saturated carbocycles. The van der Waals surface area contributed by atoms with Gasteiger partial charge in [-0.25, -0.2) is 0 Å². The number of rotatable bonds is 4. The summed E-state index contributed by atoms with van der Waals surface area (Å²) in [4.78, 5) is 10.5. The maximum absolute atomic E-state index is 10.5. The second kappa shape index (κ2) is 5.15. The summed E-state index contributed by atoms with van der Waals surface area (Å²) in [7, 11) is 0. The zero-order chi connectivity index (χ0) is 10.6. The Morgan fingerprint density at radius 1 is 1.50 bits per heavy atom. The summed E-state index contributed by atoms with van der Waals surface area (Å²) >= 11 is 3.40. The first-order chi connectivity index (χ1) is 6.69. The van der Waals surface area contributed by atoms with E-state index < -0.39 is 0 Å². The molecule has 3 heteroatoms. The molecule has 0 unspecified atom stereocenters. The molecular weight excluding hydrogens is 244 g/mol. The van der Waals surface area contributed by atoms with E-state index in [0.717, 1.165) is 27.6 Å². The molecule has 0 aromatic heterocycles. The number of aldehydes is 1. The van der Waals surface area contributed by atoms with E-state index in [2.05, 4.69) is 15.9 Å². The highest BCUT2D eigenvalue weighted by atomic mass is 79.9. The number of hydrogen-bond donors (Lipinski definition) is 0. The molecule has 0 fully saturated rings. The van der Waals surface area contributed by atoms with Crippen LogP contribution in [-0.4, -0.2) is 12.9 Å². The lowest BCUT2D eigenvalue weighted by atomic mass is 10.1. The van der Waals surface area contributed by atoms with E-state index >= 15 is 0 Å². The van der Waals surface area contributed by atoms with Crippen molar-refractivity contribution in [1.29, 1.82) is 0 Å². The number of benzene rings is 1. The monoisotopic (exact) mass is 256 g/mol. The molecule has 0 aliphatic heterocycles. The van der Waals surface area contributed by atoms with Crippen molar-refractivity contribution in [3.05, 3.63) is 27.7 Å². The molecule has 0 aliphatic carbocycles. The zero-order valence-electron chi connectivity index (χ0n) is 8.34. The van der Waals surface area contributed by atoms with Crippen LogP contribution in [0.4, 0.5) is 0 Å². The molecule has 14 heavy (non-hydrogen) atoms. The third-order valence-electron chi connectivity index (χ3n) is 1.91. The minimum Gasteiger partial charge on any atom is -0.493 e. The lowest BCUT2D eigenvalue weighted by Gasteiger charge is -2.12. The molecule has 76 valence electrons. The van der Waals surface area contributed by atoms with Crippen molar-refractivity contribution in [2.75, 3.05) is 6.61 Å². The van der Waals surface area contributed by atoms with Crippen LogP contribution in [0, 0.1) is 6.92 Å². The van der Waals surface area contributed by atoms with Gasteiger partial charge in [0.1, 0.15) is 12.0 Å². The minimum absolute atomic E-state index is 0.398. The lowest BCUT2D eigenvalue weighted by Crippen LogP contribution is -2.00. The highest BCUT2D eigenvalue weighted by molar-refractivity contribution is 9.10. The summed E-state index contributed by atoms with van der Waals surface area (Å²) in [5.74, 6) is 0.836. The van der Waals surface area contributed by atoms with Gasteiger partial charge in [0, 0.05) is 16.5 Å². The van der Waals surface area contributed by atoms with Crippen LogP contribution in [0.15, 0.2) is 16.6 Å². The van der Waals surface area contributed by atoms with Gasteiger partial charge in [-0.3, -0.25) is 0 Å². The minimum atomic E-state index is 0.398. The maximum atomic E-state index is 10.5. The molecule has 0 heterocycles. The molecule has 0 N–H and O–H groups in total. The first kappa shape index (κ1) is 11.2. The Hall–Kier alpha value is -0.830. The zero-order valence-corrected chi connectivity index (χ0v) is 9.93. The van der Waals surface area contributed by atoms with E-state index in [9.17, 15) is 4.79 Å². The van der Waals surface area contributed by atoms with E-state index in [0.29, 0.717) is 13.0 Å². The topological polar surface area (TPSA) is 26.3 Å². The summed E-state index contributed by atoms with van der Waals surface area (Å²) in [6.45, 7) is 4.53. The Kier molecular flexibility index (Phi) is 4.14. The molecule has 0 bridgehead atoms. The molecule has 1 aromatic carbocycles. The average molecular weight is 257 g/mol. The van der Waals surface area contributed by atoms with Crippen LogP contribution in [0.25, 0.3) is 0 Å². The third kappa shape index (κ3) is 2.58. The Morgan fingerprint density at radius 2 is 2.21 bits per heavy atom. The van der Waals surface area contributed by atoms with Crippen LogP contribution in [0.5, 0.6) is 5.75 Å². The predicted octanol–water partition coefficient (Wildman–Crippen LogP) is 2.90. The van der Waals surface area contributed by atoms with Gasteiger partial charge in [0.25, 0.3) is 0 Å². The van der Waals surface area contributed by atoms with Crippen LogP contribution in [-0.2, 0) is 11.2 Å². The van der Waals surface area contributed by atoms with Gasteiger partial charge in [-0.2, -0.15) is 0 Å². The second-order valence-electron chi connectivity index (χ2n) is 3.01. The Balaban J connectivity index is 3.13. The predicted molar refractivity (Wildman–Crippen MR) is 59.8 cm³/mol. The van der Waals surface area contributed by atoms with Gasteiger partial charge in [0.05, 0.1) is 6.61 Å². The first-order valence-electron chi connectivity index (χ1n) is 4.54. The number of carbonyl (C=O) groups excluding carboxylic acids is 1. The van der Waals surface area contributed by atoms with Gasteiger partial charge in [-0.1, -0.05) is 15.9 Å². The van der Waals surface area contributed by atoms with E-state index in [4.69, 9.17) is 4.74 Å². The highest BCUT2D eigenvalue weighted by Crippen LogP contribution is 2.28. The third-order valence-corrected chi connectivity index (χ3v) is 2.37. The number of ether oxygens (including phenoxy) is 1. The van der Waals surface area contributed by atoms with Gasteiger partial charge in [-0.15, -0.1) is 0 Å². The maximum Gasteiger partial charge on any atom is 0.125 e. The highest BCUT2D eigenvalue weighted by Gasteiger charge is 2.07. The molecule has 1 rings (SSSR count). The van der Waals surface area contributed by atoms with Crippen molar-refractivity contribution in [3.8, 4) is 5.75 Å². The fourth-order valence-corrected chi connectivity index (χ4v) is 2.01. The number of halogens is 1. The van der Waals surface area contributed by atoms with Crippen molar-refractivity contribution in [2.45, 2.75) is 20.3 Å². The molecule has 1 aromatic rings. The van der Waals surface area contributed by atoms with Crippen LogP contribution >= 0.6 is 15.9 Å². The fourth-order valence-electron chi connectivity index (χ4n) is 1.39. The van der Waals surface area contributed by atoms with Crippen molar-refractivity contribution < 1.29 is 9.53 Å². The van der Waals surface area contributed by atoms with Crippen LogP contribution < -0.4 is 4.74 Å². The van der Waals surface area contributed by atoms with Crippen LogP contribution in [0.2, 0.25) is 0 Å². The molecule has 0 saturated heterocycles. The van der Waals surface area contributed by atoms with Crippen molar-refractivity contribution in [2.24, 2.45) is 0 Å². The largest absolute Gasteiger partial charge is 0.493 e. The summed E-state index contributed by atoms with van der Waals surface area (Å²) in [5.41, 5.74) is 1.99. The van der Waals surface area contributed by atoms with Gasteiger partial charge in [0.2, 0.25) is 0 Å². The average Bonchev–Trinajstić information content (AvgIpc) is 2.11. The van der Waals surface area contributed by atoms with E-state index in [1.165, 1.54) is 0 Å². The summed E-state index contributed by atoms with van der Waals surface area (Å²) in [6, 6.07) is 3.91. The van der Waals surface area contributed by atoms with Crippen molar-refractivity contribution in [1.82, 2.24) is 0 Å². The molecule has 2 nitrogen and oxygen atoms in total. The van der Waals surface area contributed by atoms with Crippen molar-refractivity contribution >= 4 is 22.2 Å². The van der Waals surface area contributed by atoms with Crippen molar-refractivity contribution in [3.63, 3.8) is 0 Å². The standard InChI is InChI=1S/C11H13BrO2/c1-3-14-11-8(2)6-10(12)7-9(11)4-5-13/h5-7H,3-4H2,1-2H3. The quantitative estimate of drug-likeness (QED) is 0.775. The number of aryl methyl sites for hydroxylation is 1. The first-order valence-corrected chi connectivity index (χ1v) is 5.33.